The molecule has 2 aliphatic rings. The number of carboxylic acids is 1. The van der Waals surface area contributed by atoms with Gasteiger partial charge in [0, 0.05) is 19.0 Å². The van der Waals surface area contributed by atoms with Gasteiger partial charge in [-0.2, -0.15) is 13.2 Å². The lowest BCUT2D eigenvalue weighted by atomic mass is 10.1. The van der Waals surface area contributed by atoms with E-state index in [1.165, 1.54) is 5.70 Å². The molecule has 1 fully saturated rings. The van der Waals surface area contributed by atoms with Gasteiger partial charge in [0.1, 0.15) is 0 Å². The van der Waals surface area contributed by atoms with Crippen molar-refractivity contribution in [1.82, 2.24) is 10.9 Å². The second-order valence-corrected chi connectivity index (χ2v) is 2.80. The van der Waals surface area contributed by atoms with Gasteiger partial charge in [0.05, 0.1) is 11.6 Å². The summed E-state index contributed by atoms with van der Waals surface area (Å²) in [4.78, 5) is 12.9. The summed E-state index contributed by atoms with van der Waals surface area (Å²) in [5, 5.41) is 7.12. The average Bonchev–Trinajstić information content (AvgIpc) is 2.61. The minimum atomic E-state index is -5.08. The Balaban J connectivity index is 0.000000153. The molecule has 2 aliphatic heterocycles. The minimum absolute atomic E-state index is 0.523. The fourth-order valence-corrected chi connectivity index (χ4v) is 0.954. The summed E-state index contributed by atoms with van der Waals surface area (Å²) in [7, 11) is 0. The van der Waals surface area contributed by atoms with Crippen LogP contribution >= 0.6 is 0 Å². The monoisotopic (exact) mass is 223 g/mol. The molecule has 8 heteroatoms. The fourth-order valence-electron chi connectivity index (χ4n) is 0.954. The third-order valence-corrected chi connectivity index (χ3v) is 1.68. The zero-order chi connectivity index (χ0) is 11.5. The summed E-state index contributed by atoms with van der Waals surface area (Å²) in [6.07, 6.45) is -1.28. The second kappa shape index (κ2) is 4.30. The first kappa shape index (κ1) is 11.5. The van der Waals surface area contributed by atoms with Crippen LogP contribution in [-0.2, 0) is 4.79 Å². The Morgan fingerprint density at radius 1 is 1.60 bits per heavy atom. The number of halogens is 3. The molecule has 2 heterocycles. The van der Waals surface area contributed by atoms with E-state index in [0.29, 0.717) is 5.92 Å². The largest absolute Gasteiger partial charge is 0.490 e. The van der Waals surface area contributed by atoms with Gasteiger partial charge in [0.2, 0.25) is 0 Å². The number of nitrogens with one attached hydrogen (secondary N) is 2. The highest BCUT2D eigenvalue weighted by Crippen LogP contribution is 2.13. The third-order valence-electron chi connectivity index (χ3n) is 1.68. The van der Waals surface area contributed by atoms with E-state index in [0.717, 1.165) is 6.54 Å². The molecular weight excluding hydrogens is 215 g/mol. The van der Waals surface area contributed by atoms with Gasteiger partial charge in [-0.15, -0.1) is 0 Å². The molecule has 0 aromatic rings. The van der Waals surface area contributed by atoms with Gasteiger partial charge in [0.25, 0.3) is 0 Å². The summed E-state index contributed by atoms with van der Waals surface area (Å²) in [6.45, 7) is 0.981. The number of hydrogen-bond donors (Lipinski definition) is 3. The Labute approximate surface area is 82.7 Å². The average molecular weight is 223 g/mol. The van der Waals surface area contributed by atoms with Crippen LogP contribution in [0.1, 0.15) is 0 Å². The number of aliphatic imine (C=N–C) groups is 1. The van der Waals surface area contributed by atoms with Crippen molar-refractivity contribution in [3.63, 3.8) is 0 Å². The van der Waals surface area contributed by atoms with Crippen LogP contribution in [0.5, 0.6) is 0 Å². The van der Waals surface area contributed by atoms with Gasteiger partial charge in [-0.3, -0.25) is 4.99 Å². The van der Waals surface area contributed by atoms with E-state index >= 15 is 0 Å². The van der Waals surface area contributed by atoms with Gasteiger partial charge in [-0.1, -0.05) is 0 Å². The second-order valence-electron chi connectivity index (χ2n) is 2.80. The Kier molecular flexibility index (Phi) is 3.30. The van der Waals surface area contributed by atoms with Crippen LogP contribution in [0.2, 0.25) is 0 Å². The van der Waals surface area contributed by atoms with Crippen molar-refractivity contribution in [1.29, 1.82) is 0 Å². The number of nitrogens with zero attached hydrogens (tertiary/aromatic N) is 1. The quantitative estimate of drug-likeness (QED) is 0.551. The molecule has 0 spiro atoms. The zero-order valence-electron chi connectivity index (χ0n) is 7.38. The predicted molar refractivity (Wildman–Crippen MR) is 44.9 cm³/mol. The van der Waals surface area contributed by atoms with E-state index in [-0.39, 0.29) is 0 Å². The Hall–Kier alpha value is -1.57. The highest BCUT2D eigenvalue weighted by Gasteiger charge is 2.38. The Morgan fingerprint density at radius 3 is 2.67 bits per heavy atom. The number of hydrogen-bond acceptors (Lipinski definition) is 4. The smallest absolute Gasteiger partial charge is 0.475 e. The van der Waals surface area contributed by atoms with E-state index in [9.17, 15) is 13.2 Å². The lowest BCUT2D eigenvalue weighted by molar-refractivity contribution is -0.192. The Morgan fingerprint density at radius 2 is 2.20 bits per heavy atom. The van der Waals surface area contributed by atoms with E-state index in [1.54, 1.807) is 0 Å². The first-order chi connectivity index (χ1) is 6.91. The minimum Gasteiger partial charge on any atom is -0.475 e. The van der Waals surface area contributed by atoms with Crippen LogP contribution in [0.3, 0.4) is 0 Å². The van der Waals surface area contributed by atoms with Crippen molar-refractivity contribution in [3.05, 3.63) is 11.9 Å². The number of aliphatic carboxylic acids is 1. The van der Waals surface area contributed by atoms with Gasteiger partial charge < -0.3 is 10.5 Å². The maximum Gasteiger partial charge on any atom is 0.490 e. The normalized spacial score (nSPS) is 22.3. The molecule has 0 radical (unpaired) electrons. The van der Waals surface area contributed by atoms with Gasteiger partial charge >= 0.3 is 12.1 Å². The molecule has 15 heavy (non-hydrogen) atoms. The van der Waals surface area contributed by atoms with Crippen molar-refractivity contribution in [2.45, 2.75) is 6.18 Å². The highest BCUT2D eigenvalue weighted by molar-refractivity contribution is 5.73. The molecule has 1 atom stereocenters. The molecule has 0 aliphatic carbocycles. The number of fused-ring (bicyclic) bond motifs is 1. The molecule has 2 rings (SSSR count). The van der Waals surface area contributed by atoms with Crippen LogP contribution < -0.4 is 10.9 Å². The molecule has 1 saturated heterocycles. The van der Waals surface area contributed by atoms with Crippen molar-refractivity contribution in [2.24, 2.45) is 10.9 Å². The van der Waals surface area contributed by atoms with Crippen LogP contribution in [0.15, 0.2) is 16.9 Å². The number of rotatable bonds is 0. The summed E-state index contributed by atoms with van der Waals surface area (Å²) in [5.41, 5.74) is 7.22. The Bertz CT molecular complexity index is 311. The maximum absolute atomic E-state index is 10.6. The molecule has 0 saturated carbocycles. The van der Waals surface area contributed by atoms with Gasteiger partial charge in [-0.05, 0) is 0 Å². The van der Waals surface area contributed by atoms with Crippen LogP contribution in [0, 0.1) is 5.92 Å². The van der Waals surface area contributed by atoms with Crippen LogP contribution in [0.4, 0.5) is 13.2 Å². The number of alkyl halides is 3. The molecule has 0 aromatic carbocycles. The standard InChI is InChI=1S/C5H7N3.C2HF3O2/c1-4-2-7-8-5(4)3-6-1;3-2(4,5)1(6)7/h1,3-4,7-8H,2H2;(H,6,7). The molecule has 0 bridgehead atoms. The summed E-state index contributed by atoms with van der Waals surface area (Å²) < 4.78 is 31.7. The van der Waals surface area contributed by atoms with Gasteiger partial charge in [0.15, 0.2) is 0 Å². The first-order valence-corrected chi connectivity index (χ1v) is 3.93. The molecule has 84 valence electrons. The summed E-state index contributed by atoms with van der Waals surface area (Å²) >= 11 is 0. The molecule has 0 aromatic heterocycles. The lowest BCUT2D eigenvalue weighted by Gasteiger charge is -1.93. The molecule has 0 amide bonds. The SMILES string of the molecule is C1=NC=C2NNCC12.O=C(O)C(F)(F)F. The lowest BCUT2D eigenvalue weighted by Crippen LogP contribution is -2.21. The summed E-state index contributed by atoms with van der Waals surface area (Å²) in [5.74, 6) is -2.23. The summed E-state index contributed by atoms with van der Waals surface area (Å²) in [6, 6.07) is 0. The molecule has 5 nitrogen and oxygen atoms in total. The molecule has 1 unspecified atom stereocenters. The molecular formula is C7H8F3N3O2. The van der Waals surface area contributed by atoms with E-state index in [1.807, 2.05) is 12.4 Å². The van der Waals surface area contributed by atoms with E-state index in [4.69, 9.17) is 9.90 Å². The van der Waals surface area contributed by atoms with Crippen molar-refractivity contribution >= 4 is 12.2 Å². The first-order valence-electron chi connectivity index (χ1n) is 3.93. The van der Waals surface area contributed by atoms with Crippen molar-refractivity contribution in [2.75, 3.05) is 6.54 Å². The number of hydrazine groups is 1. The highest BCUT2D eigenvalue weighted by atomic mass is 19.4. The van der Waals surface area contributed by atoms with Crippen molar-refractivity contribution in [3.8, 4) is 0 Å². The fraction of sp³-hybridized carbons (Fsp3) is 0.429. The third kappa shape index (κ3) is 3.24. The van der Waals surface area contributed by atoms with Crippen LogP contribution in [-0.4, -0.2) is 30.0 Å². The maximum atomic E-state index is 10.6. The molecule has 3 N–H and O–H groups in total. The topological polar surface area (TPSA) is 73.7 Å². The number of carboxylic acid groups (broad SMARTS) is 1. The van der Waals surface area contributed by atoms with E-state index in [2.05, 4.69) is 15.8 Å². The van der Waals surface area contributed by atoms with E-state index < -0.39 is 12.1 Å². The zero-order valence-corrected chi connectivity index (χ0v) is 7.38. The van der Waals surface area contributed by atoms with Gasteiger partial charge in [-0.25, -0.2) is 10.2 Å². The van der Waals surface area contributed by atoms with Crippen LogP contribution in [0.25, 0.3) is 0 Å². The van der Waals surface area contributed by atoms with Crippen molar-refractivity contribution < 1.29 is 23.1 Å². The number of carbonyl (C=O) groups is 1. The predicted octanol–water partition coefficient (Wildman–Crippen LogP) is 0.269.